The molecule has 19 heavy (non-hydrogen) atoms. The third kappa shape index (κ3) is 7.09. The number of nitrogens with one attached hydrogen (secondary N) is 1. The maximum Gasteiger partial charge on any atom is 0.312 e. The van der Waals surface area contributed by atoms with Crippen LogP contribution in [-0.2, 0) is 19.1 Å². The first-order chi connectivity index (χ1) is 9.10. The normalized spacial score (nSPS) is 12.0. The van der Waals surface area contributed by atoms with E-state index >= 15 is 0 Å². The molecule has 0 aliphatic rings. The van der Waals surface area contributed by atoms with Crippen LogP contribution in [0.5, 0.6) is 0 Å². The van der Waals surface area contributed by atoms with Crippen LogP contribution >= 0.6 is 0 Å². The fourth-order valence-corrected chi connectivity index (χ4v) is 1.39. The summed E-state index contributed by atoms with van der Waals surface area (Å²) in [6.07, 6.45) is 0.561. The maximum atomic E-state index is 11.9. The Bertz CT molecular complexity index is 261. The highest BCUT2D eigenvalue weighted by molar-refractivity contribution is 6.35. The van der Waals surface area contributed by atoms with Gasteiger partial charge >= 0.3 is 11.8 Å². The molecule has 7 nitrogen and oxygen atoms in total. The first kappa shape index (κ1) is 17.8. The Balaban J connectivity index is 4.45. The van der Waals surface area contributed by atoms with E-state index in [1.165, 1.54) is 19.1 Å². The van der Waals surface area contributed by atoms with Crippen LogP contribution in [0.2, 0.25) is 0 Å². The smallest absolute Gasteiger partial charge is 0.312 e. The molecule has 0 saturated carbocycles. The van der Waals surface area contributed by atoms with Gasteiger partial charge < -0.3 is 24.8 Å². The van der Waals surface area contributed by atoms with Crippen LogP contribution in [-0.4, -0.2) is 75.0 Å². The average molecular weight is 276 g/mol. The van der Waals surface area contributed by atoms with Gasteiger partial charge in [-0.15, -0.1) is 0 Å². The monoisotopic (exact) mass is 276 g/mol. The number of aliphatic hydroxyl groups is 1. The number of carbonyl (C=O) groups excluding carboxylic acids is 2. The fourth-order valence-electron chi connectivity index (χ4n) is 1.39. The molecule has 0 rings (SSSR count). The number of nitrogens with zero attached hydrogens (tertiary/aromatic N) is 1. The summed E-state index contributed by atoms with van der Waals surface area (Å²) in [6, 6.07) is -0.400. The summed E-state index contributed by atoms with van der Waals surface area (Å²) in [5.74, 6) is -1.35. The van der Waals surface area contributed by atoms with Gasteiger partial charge in [0.2, 0.25) is 0 Å². The van der Waals surface area contributed by atoms with Crippen molar-refractivity contribution in [3.8, 4) is 0 Å². The number of amides is 2. The van der Waals surface area contributed by atoms with Crippen LogP contribution in [0.4, 0.5) is 0 Å². The van der Waals surface area contributed by atoms with Crippen molar-refractivity contribution in [2.45, 2.75) is 19.4 Å². The molecule has 7 heteroatoms. The zero-order valence-corrected chi connectivity index (χ0v) is 11.8. The molecule has 0 aromatic carbocycles. The SMILES string of the molecule is CCC(CO)NC(=O)C(=O)N(CCOC)CCOC. The number of hydrogen-bond donors (Lipinski definition) is 2. The van der Waals surface area contributed by atoms with E-state index in [9.17, 15) is 9.59 Å². The van der Waals surface area contributed by atoms with Crippen molar-refractivity contribution < 1.29 is 24.2 Å². The van der Waals surface area contributed by atoms with Crippen LogP contribution in [0.25, 0.3) is 0 Å². The Morgan fingerprint density at radius 3 is 2.11 bits per heavy atom. The van der Waals surface area contributed by atoms with Gasteiger partial charge in [0, 0.05) is 27.3 Å². The van der Waals surface area contributed by atoms with Gasteiger partial charge in [0.15, 0.2) is 0 Å². The summed E-state index contributed by atoms with van der Waals surface area (Å²) in [6.45, 7) is 2.97. The minimum Gasteiger partial charge on any atom is -0.394 e. The van der Waals surface area contributed by atoms with Gasteiger partial charge in [-0.3, -0.25) is 9.59 Å². The number of hydrogen-bond acceptors (Lipinski definition) is 5. The summed E-state index contributed by atoms with van der Waals surface area (Å²) < 4.78 is 9.80. The fraction of sp³-hybridized carbons (Fsp3) is 0.833. The molecule has 2 amide bonds. The van der Waals surface area contributed by atoms with Crippen molar-refractivity contribution in [2.24, 2.45) is 0 Å². The lowest BCUT2D eigenvalue weighted by molar-refractivity contribution is -0.147. The van der Waals surface area contributed by atoms with Gasteiger partial charge in [-0.1, -0.05) is 6.92 Å². The van der Waals surface area contributed by atoms with Gasteiger partial charge in [-0.25, -0.2) is 0 Å². The quantitative estimate of drug-likeness (QED) is 0.527. The summed E-state index contributed by atoms with van der Waals surface area (Å²) >= 11 is 0. The van der Waals surface area contributed by atoms with Crippen LogP contribution in [0.1, 0.15) is 13.3 Å². The molecular weight excluding hydrogens is 252 g/mol. The van der Waals surface area contributed by atoms with Crippen molar-refractivity contribution >= 4 is 11.8 Å². The molecule has 0 heterocycles. The Kier molecular flexibility index (Phi) is 10.1. The number of carbonyl (C=O) groups is 2. The van der Waals surface area contributed by atoms with E-state index in [1.54, 1.807) is 0 Å². The van der Waals surface area contributed by atoms with Gasteiger partial charge in [0.05, 0.1) is 25.9 Å². The Hall–Kier alpha value is -1.18. The molecule has 0 bridgehead atoms. The van der Waals surface area contributed by atoms with Crippen LogP contribution in [0.3, 0.4) is 0 Å². The van der Waals surface area contributed by atoms with E-state index in [4.69, 9.17) is 14.6 Å². The second kappa shape index (κ2) is 10.7. The van der Waals surface area contributed by atoms with Crippen LogP contribution < -0.4 is 5.32 Å². The van der Waals surface area contributed by atoms with E-state index in [1.807, 2.05) is 6.92 Å². The zero-order chi connectivity index (χ0) is 14.7. The van der Waals surface area contributed by atoms with Crippen molar-refractivity contribution in [3.05, 3.63) is 0 Å². The molecule has 0 aromatic heterocycles. The third-order valence-corrected chi connectivity index (χ3v) is 2.66. The highest BCUT2D eigenvalue weighted by Gasteiger charge is 2.23. The number of aliphatic hydroxyl groups excluding tert-OH is 1. The van der Waals surface area contributed by atoms with E-state index in [2.05, 4.69) is 5.32 Å². The molecular formula is C12H24N2O5. The maximum absolute atomic E-state index is 11.9. The standard InChI is InChI=1S/C12H24N2O5/c1-4-10(9-15)13-11(16)12(17)14(5-7-18-2)6-8-19-3/h10,15H,4-9H2,1-3H3,(H,13,16). The van der Waals surface area contributed by atoms with Crippen molar-refractivity contribution in [2.75, 3.05) is 47.1 Å². The molecule has 112 valence electrons. The summed E-state index contributed by atoms with van der Waals surface area (Å²) in [7, 11) is 3.05. The lowest BCUT2D eigenvalue weighted by Crippen LogP contribution is -2.49. The van der Waals surface area contributed by atoms with Crippen LogP contribution in [0.15, 0.2) is 0 Å². The molecule has 0 fully saturated rings. The minimum atomic E-state index is -0.715. The number of rotatable bonds is 9. The van der Waals surface area contributed by atoms with Crippen molar-refractivity contribution in [1.29, 1.82) is 0 Å². The average Bonchev–Trinajstić information content (AvgIpc) is 2.43. The molecule has 1 atom stereocenters. The Labute approximate surface area is 113 Å². The molecule has 0 aromatic rings. The van der Waals surface area contributed by atoms with Gasteiger partial charge in [0.1, 0.15) is 0 Å². The second-order valence-corrected chi connectivity index (χ2v) is 4.04. The number of ether oxygens (including phenoxy) is 2. The molecule has 1 unspecified atom stereocenters. The lowest BCUT2D eigenvalue weighted by Gasteiger charge is -2.22. The predicted octanol–water partition coefficient (Wildman–Crippen LogP) is -1.01. The third-order valence-electron chi connectivity index (χ3n) is 2.66. The first-order valence-corrected chi connectivity index (χ1v) is 6.29. The Morgan fingerprint density at radius 2 is 1.74 bits per heavy atom. The minimum absolute atomic E-state index is 0.189. The molecule has 0 aliphatic carbocycles. The second-order valence-electron chi connectivity index (χ2n) is 4.04. The molecule has 0 spiro atoms. The van der Waals surface area contributed by atoms with E-state index < -0.39 is 17.9 Å². The molecule has 2 N–H and O–H groups in total. The van der Waals surface area contributed by atoms with Crippen LogP contribution in [0, 0.1) is 0 Å². The highest BCUT2D eigenvalue weighted by Crippen LogP contribution is 1.95. The first-order valence-electron chi connectivity index (χ1n) is 6.29. The van der Waals surface area contributed by atoms with Crippen molar-refractivity contribution in [3.63, 3.8) is 0 Å². The number of methoxy groups -OCH3 is 2. The topological polar surface area (TPSA) is 88.1 Å². The van der Waals surface area contributed by atoms with Gasteiger partial charge in [0.25, 0.3) is 0 Å². The highest BCUT2D eigenvalue weighted by atomic mass is 16.5. The van der Waals surface area contributed by atoms with Crippen molar-refractivity contribution in [1.82, 2.24) is 10.2 Å². The molecule has 0 aliphatic heterocycles. The summed E-state index contributed by atoms with van der Waals surface area (Å²) in [5, 5.41) is 11.5. The predicted molar refractivity (Wildman–Crippen MR) is 69.6 cm³/mol. The summed E-state index contributed by atoms with van der Waals surface area (Å²) in [4.78, 5) is 25.1. The largest absolute Gasteiger partial charge is 0.394 e. The van der Waals surface area contributed by atoms with E-state index in [-0.39, 0.29) is 6.61 Å². The zero-order valence-electron chi connectivity index (χ0n) is 11.8. The van der Waals surface area contributed by atoms with Gasteiger partial charge in [-0.2, -0.15) is 0 Å². The molecule has 0 saturated heterocycles. The van der Waals surface area contributed by atoms with E-state index in [0.717, 1.165) is 0 Å². The lowest BCUT2D eigenvalue weighted by atomic mass is 10.2. The van der Waals surface area contributed by atoms with E-state index in [0.29, 0.717) is 32.7 Å². The van der Waals surface area contributed by atoms with Gasteiger partial charge in [-0.05, 0) is 6.42 Å². The summed E-state index contributed by atoms with van der Waals surface area (Å²) in [5.41, 5.74) is 0. The molecule has 0 radical (unpaired) electrons. The Morgan fingerprint density at radius 1 is 1.21 bits per heavy atom.